The van der Waals surface area contributed by atoms with Gasteiger partial charge in [0.15, 0.2) is 11.6 Å². The van der Waals surface area contributed by atoms with Crippen LogP contribution in [-0.2, 0) is 18.7 Å². The van der Waals surface area contributed by atoms with Crippen molar-refractivity contribution < 1.29 is 38.0 Å². The summed E-state index contributed by atoms with van der Waals surface area (Å²) in [7, 11) is -4.86. The molecule has 0 amide bonds. The van der Waals surface area contributed by atoms with E-state index in [1.807, 2.05) is 19.9 Å². The number of carbonyl (C=O) groups is 2. The van der Waals surface area contributed by atoms with Crippen LogP contribution in [0.3, 0.4) is 0 Å². The number of fused-ring (bicyclic) bond motifs is 5. The van der Waals surface area contributed by atoms with Crippen molar-refractivity contribution in [2.45, 2.75) is 64.6 Å². The van der Waals surface area contributed by atoms with Crippen molar-refractivity contribution in [2.24, 2.45) is 28.6 Å². The fraction of sp³-hybridized carbons (Fsp3) is 0.727. The zero-order chi connectivity index (χ0) is 23.0. The molecule has 31 heavy (non-hydrogen) atoms. The normalized spacial score (nSPS) is 44.7. The molecule has 9 heteroatoms. The molecule has 0 aromatic rings. The Morgan fingerprint density at radius 1 is 1.29 bits per heavy atom. The van der Waals surface area contributed by atoms with Gasteiger partial charge in [0, 0.05) is 17.3 Å². The minimum atomic E-state index is -4.86. The highest BCUT2D eigenvalue weighted by Gasteiger charge is 2.68. The molecule has 4 aliphatic carbocycles. The maximum Gasteiger partial charge on any atom is 0.470 e. The lowest BCUT2D eigenvalue weighted by molar-refractivity contribution is -0.161. The predicted octanol–water partition coefficient (Wildman–Crippen LogP) is 3.04. The minimum Gasteiger partial charge on any atom is -0.381 e. The van der Waals surface area contributed by atoms with E-state index in [-0.39, 0.29) is 24.0 Å². The van der Waals surface area contributed by atoms with Gasteiger partial charge < -0.3 is 14.9 Å². The van der Waals surface area contributed by atoms with Crippen molar-refractivity contribution in [1.82, 2.24) is 0 Å². The third-order valence-electron chi connectivity index (χ3n) is 8.69. The van der Waals surface area contributed by atoms with Crippen LogP contribution >= 0.6 is 7.82 Å². The molecule has 0 spiro atoms. The Kier molecular flexibility index (Phi) is 5.31. The summed E-state index contributed by atoms with van der Waals surface area (Å²) in [6, 6.07) is 0. The maximum atomic E-state index is 15.3. The number of alkyl halides is 1. The molecule has 0 radical (unpaired) electrons. The van der Waals surface area contributed by atoms with E-state index in [1.165, 1.54) is 6.08 Å². The number of phosphoric acid groups is 1. The first-order valence-corrected chi connectivity index (χ1v) is 12.3. The minimum absolute atomic E-state index is 0.0469. The summed E-state index contributed by atoms with van der Waals surface area (Å²) in [5, 5.41) is 11.6. The van der Waals surface area contributed by atoms with Crippen molar-refractivity contribution in [3.8, 4) is 0 Å². The highest BCUT2D eigenvalue weighted by atomic mass is 31.2. The fourth-order valence-electron chi connectivity index (χ4n) is 7.05. The molecule has 0 saturated heterocycles. The predicted molar refractivity (Wildman–Crippen MR) is 109 cm³/mol. The molecule has 2 unspecified atom stereocenters. The molecule has 7 atom stereocenters. The lowest BCUT2D eigenvalue weighted by Crippen LogP contribution is -2.58. The number of hydrogen-bond donors (Lipinski definition) is 3. The van der Waals surface area contributed by atoms with Crippen molar-refractivity contribution in [1.29, 1.82) is 0 Å². The van der Waals surface area contributed by atoms with Gasteiger partial charge in [-0.25, -0.2) is 8.96 Å². The van der Waals surface area contributed by atoms with Gasteiger partial charge in [0.05, 0.1) is 0 Å². The number of allylic oxidation sites excluding steroid dienone is 4. The largest absolute Gasteiger partial charge is 0.470 e. The first-order valence-electron chi connectivity index (χ1n) is 10.8. The molecule has 0 bridgehead atoms. The van der Waals surface area contributed by atoms with Gasteiger partial charge in [0.2, 0.25) is 0 Å². The lowest BCUT2D eigenvalue weighted by Gasteiger charge is -2.55. The van der Waals surface area contributed by atoms with Crippen LogP contribution in [0.2, 0.25) is 0 Å². The van der Waals surface area contributed by atoms with E-state index >= 15 is 4.39 Å². The van der Waals surface area contributed by atoms with Crippen LogP contribution in [0, 0.1) is 28.6 Å². The lowest BCUT2D eigenvalue weighted by atomic mass is 9.50. The number of ketones is 2. The molecule has 0 aromatic heterocycles. The Labute approximate surface area is 181 Å². The fourth-order valence-corrected chi connectivity index (χ4v) is 7.34. The van der Waals surface area contributed by atoms with E-state index in [2.05, 4.69) is 4.52 Å². The van der Waals surface area contributed by atoms with Gasteiger partial charge in [-0.05, 0) is 55.1 Å². The summed E-state index contributed by atoms with van der Waals surface area (Å²) in [5.74, 6) is -1.61. The molecular formula is C22H30FO7P. The molecular weight excluding hydrogens is 426 g/mol. The Morgan fingerprint density at radius 2 is 1.97 bits per heavy atom. The quantitative estimate of drug-likeness (QED) is 0.439. The van der Waals surface area contributed by atoms with Gasteiger partial charge in [-0.15, -0.1) is 0 Å². The summed E-state index contributed by atoms with van der Waals surface area (Å²) < 4.78 is 30.8. The van der Waals surface area contributed by atoms with Crippen LogP contribution in [0.15, 0.2) is 23.3 Å². The third kappa shape index (κ3) is 3.25. The number of carbonyl (C=O) groups excluding carboxylic acids is 2. The third-order valence-corrected chi connectivity index (χ3v) is 9.16. The molecule has 4 aliphatic rings. The summed E-state index contributed by atoms with van der Waals surface area (Å²) in [6.07, 6.45) is 4.24. The van der Waals surface area contributed by atoms with E-state index in [1.54, 1.807) is 6.92 Å². The van der Waals surface area contributed by atoms with E-state index in [0.717, 1.165) is 5.57 Å². The van der Waals surface area contributed by atoms with Gasteiger partial charge >= 0.3 is 7.82 Å². The average Bonchev–Trinajstić information content (AvgIpc) is 2.89. The molecule has 7 nitrogen and oxygen atoms in total. The Bertz CT molecular complexity index is 938. The maximum absolute atomic E-state index is 15.3. The van der Waals surface area contributed by atoms with Gasteiger partial charge in [0.25, 0.3) is 0 Å². The second-order valence-corrected chi connectivity index (χ2v) is 11.4. The second kappa shape index (κ2) is 7.16. The van der Waals surface area contributed by atoms with Crippen molar-refractivity contribution >= 4 is 19.4 Å². The molecule has 3 N–H and O–H groups in total. The van der Waals surface area contributed by atoms with Crippen molar-refractivity contribution in [2.75, 3.05) is 6.61 Å². The summed E-state index contributed by atoms with van der Waals surface area (Å²) in [5.41, 5.74) is -1.63. The highest BCUT2D eigenvalue weighted by molar-refractivity contribution is 7.46. The molecule has 172 valence electrons. The van der Waals surface area contributed by atoms with E-state index in [4.69, 9.17) is 9.79 Å². The van der Waals surface area contributed by atoms with E-state index < -0.39 is 48.7 Å². The van der Waals surface area contributed by atoms with Gasteiger partial charge in [-0.2, -0.15) is 0 Å². The molecule has 0 heterocycles. The van der Waals surface area contributed by atoms with E-state index in [9.17, 15) is 19.3 Å². The van der Waals surface area contributed by atoms with Crippen LogP contribution in [0.25, 0.3) is 0 Å². The molecule has 0 aliphatic heterocycles. The smallest absolute Gasteiger partial charge is 0.381 e. The summed E-state index contributed by atoms with van der Waals surface area (Å²) >= 11 is 0. The standard InChI is InChI=1S/C22H30FO7P/c1-12-8-16-14-10-18(23)17-9-13(24)4-6-20(17,2)15(14)5-7-21(16,3)22(12,26)19(25)11-30-31(27,28)29/h5,9,12,14,16,18,26H,4,6-8,10-11H2,1-3H3,(H2,27,28,29)/t12-,14?,16?,18-,20+,21-,22-/m0/s1. The number of aliphatic hydroxyl groups is 1. The number of phosphoric ester groups is 1. The first-order chi connectivity index (χ1) is 14.2. The van der Waals surface area contributed by atoms with Crippen LogP contribution in [0.4, 0.5) is 4.39 Å². The summed E-state index contributed by atoms with van der Waals surface area (Å²) in [6.45, 7) is 4.67. The average molecular weight is 456 g/mol. The van der Waals surface area contributed by atoms with Crippen LogP contribution < -0.4 is 0 Å². The number of Topliss-reactive ketones (excluding diaryl/α,β-unsaturated/α-hetero) is 1. The van der Waals surface area contributed by atoms with Crippen LogP contribution in [-0.4, -0.2) is 44.8 Å². The van der Waals surface area contributed by atoms with Crippen molar-refractivity contribution in [3.05, 3.63) is 23.3 Å². The van der Waals surface area contributed by atoms with Gasteiger partial charge in [0.1, 0.15) is 18.4 Å². The van der Waals surface area contributed by atoms with Gasteiger partial charge in [-0.3, -0.25) is 14.1 Å². The number of rotatable bonds is 4. The Balaban J connectivity index is 1.72. The SMILES string of the molecule is C[C@H]1CC2C3C[C@H](F)C4=CC(=O)CC[C@]4(C)C3=CC[C@]2(C)[C@@]1(O)C(=O)COP(=O)(O)O. The Morgan fingerprint density at radius 3 is 2.61 bits per heavy atom. The zero-order valence-corrected chi connectivity index (χ0v) is 18.9. The summed E-state index contributed by atoms with van der Waals surface area (Å²) in [4.78, 5) is 42.9. The van der Waals surface area contributed by atoms with Crippen LogP contribution in [0.1, 0.15) is 52.9 Å². The van der Waals surface area contributed by atoms with E-state index in [0.29, 0.717) is 31.3 Å². The Hall–Kier alpha value is -1.18. The van der Waals surface area contributed by atoms with Crippen molar-refractivity contribution in [3.63, 3.8) is 0 Å². The highest BCUT2D eigenvalue weighted by Crippen LogP contribution is 2.67. The number of halogens is 1. The molecule has 2 fully saturated rings. The first kappa shape index (κ1) is 23.0. The van der Waals surface area contributed by atoms with Gasteiger partial charge in [-0.1, -0.05) is 32.4 Å². The second-order valence-electron chi connectivity index (χ2n) is 10.2. The van der Waals surface area contributed by atoms with Crippen LogP contribution in [0.5, 0.6) is 0 Å². The zero-order valence-electron chi connectivity index (χ0n) is 18.0. The molecule has 0 aromatic carbocycles. The number of hydrogen-bond acceptors (Lipinski definition) is 5. The molecule has 2 saturated carbocycles. The monoisotopic (exact) mass is 456 g/mol. The topological polar surface area (TPSA) is 121 Å². The molecule has 4 rings (SSSR count).